The van der Waals surface area contributed by atoms with Crippen LogP contribution in [0.1, 0.15) is 42.6 Å². The Morgan fingerprint density at radius 2 is 2.26 bits per heavy atom. The van der Waals surface area contributed by atoms with Gasteiger partial charge in [0.1, 0.15) is 5.69 Å². The third-order valence-electron chi connectivity index (χ3n) is 3.35. The number of aromatic nitrogens is 2. The Labute approximate surface area is 110 Å². The number of ether oxygens (including phenoxy) is 1. The molecule has 19 heavy (non-hydrogen) atoms. The second kappa shape index (κ2) is 5.59. The first-order valence-corrected chi connectivity index (χ1v) is 6.29. The maximum Gasteiger partial charge on any atom is 0.248 e. The second-order valence-corrected chi connectivity index (χ2v) is 4.91. The zero-order chi connectivity index (χ0) is 13.9. The van der Waals surface area contributed by atoms with Gasteiger partial charge in [0.2, 0.25) is 11.8 Å². The van der Waals surface area contributed by atoms with Crippen LogP contribution in [0.5, 0.6) is 5.88 Å². The highest BCUT2D eigenvalue weighted by atomic mass is 19.3. The summed E-state index contributed by atoms with van der Waals surface area (Å²) >= 11 is 0. The monoisotopic (exact) mass is 270 g/mol. The van der Waals surface area contributed by atoms with Crippen molar-refractivity contribution in [3.8, 4) is 5.88 Å². The Balaban J connectivity index is 1.96. The molecule has 1 saturated carbocycles. The summed E-state index contributed by atoms with van der Waals surface area (Å²) in [6.07, 6.45) is 0.975. The summed E-state index contributed by atoms with van der Waals surface area (Å²) in [5, 5.41) is 7.44. The van der Waals surface area contributed by atoms with E-state index in [-0.39, 0.29) is 36.7 Å². The van der Waals surface area contributed by atoms with Crippen LogP contribution < -0.4 is 4.74 Å². The van der Waals surface area contributed by atoms with Gasteiger partial charge in [-0.2, -0.15) is 0 Å². The van der Waals surface area contributed by atoms with Crippen molar-refractivity contribution in [1.82, 2.24) is 10.2 Å². The SMILES string of the molecule is COc1ccc(C(=O)CC2CCCC(F)(F)C2)nn1. The standard InChI is InChI=1S/C13H16F2N2O2/c1-19-12-5-4-10(16-17-12)11(18)7-9-3-2-6-13(14,15)8-9/h4-5,9H,2-3,6-8H2,1H3. The predicted molar refractivity (Wildman–Crippen MR) is 64.4 cm³/mol. The summed E-state index contributed by atoms with van der Waals surface area (Å²) in [5.41, 5.74) is 0.203. The van der Waals surface area contributed by atoms with Gasteiger partial charge in [0, 0.05) is 25.3 Å². The third kappa shape index (κ3) is 3.68. The van der Waals surface area contributed by atoms with Gasteiger partial charge in [0.15, 0.2) is 5.78 Å². The smallest absolute Gasteiger partial charge is 0.248 e. The lowest BCUT2D eigenvalue weighted by Gasteiger charge is -2.28. The lowest BCUT2D eigenvalue weighted by atomic mass is 9.83. The molecular formula is C13H16F2N2O2. The van der Waals surface area contributed by atoms with Crippen molar-refractivity contribution in [3.63, 3.8) is 0 Å². The Kier molecular flexibility index (Phi) is 4.07. The molecule has 0 aliphatic heterocycles. The molecule has 104 valence electrons. The highest BCUT2D eigenvalue weighted by molar-refractivity contribution is 5.94. The van der Waals surface area contributed by atoms with Gasteiger partial charge in [-0.05, 0) is 24.8 Å². The van der Waals surface area contributed by atoms with E-state index < -0.39 is 5.92 Å². The lowest BCUT2D eigenvalue weighted by molar-refractivity contribution is -0.0521. The molecule has 2 rings (SSSR count). The largest absolute Gasteiger partial charge is 0.480 e. The Hall–Kier alpha value is -1.59. The van der Waals surface area contributed by atoms with Crippen LogP contribution in [0.25, 0.3) is 0 Å². The first kappa shape index (κ1) is 13.8. The van der Waals surface area contributed by atoms with Crippen molar-refractivity contribution >= 4 is 5.78 Å². The number of methoxy groups -OCH3 is 1. The van der Waals surface area contributed by atoms with Crippen molar-refractivity contribution in [2.75, 3.05) is 7.11 Å². The number of alkyl halides is 2. The van der Waals surface area contributed by atoms with Crippen molar-refractivity contribution in [1.29, 1.82) is 0 Å². The van der Waals surface area contributed by atoms with Gasteiger partial charge in [-0.1, -0.05) is 0 Å². The minimum Gasteiger partial charge on any atom is -0.480 e. The van der Waals surface area contributed by atoms with E-state index in [1.54, 1.807) is 0 Å². The van der Waals surface area contributed by atoms with Crippen molar-refractivity contribution < 1.29 is 18.3 Å². The molecule has 0 aromatic carbocycles. The zero-order valence-corrected chi connectivity index (χ0v) is 10.7. The van der Waals surface area contributed by atoms with E-state index in [4.69, 9.17) is 4.74 Å². The van der Waals surface area contributed by atoms with E-state index in [1.807, 2.05) is 0 Å². The van der Waals surface area contributed by atoms with E-state index >= 15 is 0 Å². The molecular weight excluding hydrogens is 254 g/mol. The number of ketones is 1. The van der Waals surface area contributed by atoms with E-state index in [1.165, 1.54) is 19.2 Å². The molecule has 4 nitrogen and oxygen atoms in total. The summed E-state index contributed by atoms with van der Waals surface area (Å²) in [6, 6.07) is 3.05. The van der Waals surface area contributed by atoms with Crippen LogP contribution in [0, 0.1) is 5.92 Å². The second-order valence-electron chi connectivity index (χ2n) is 4.91. The maximum atomic E-state index is 13.3. The minimum atomic E-state index is -2.63. The van der Waals surface area contributed by atoms with Crippen molar-refractivity contribution in [2.24, 2.45) is 5.92 Å². The van der Waals surface area contributed by atoms with Crippen LogP contribution in [-0.4, -0.2) is 29.0 Å². The number of hydrogen-bond donors (Lipinski definition) is 0. The Morgan fingerprint density at radius 1 is 1.47 bits per heavy atom. The van der Waals surface area contributed by atoms with E-state index in [0.29, 0.717) is 18.7 Å². The lowest BCUT2D eigenvalue weighted by Crippen LogP contribution is -2.27. The predicted octanol–water partition coefficient (Wildman–Crippen LogP) is 2.88. The summed E-state index contributed by atoms with van der Waals surface area (Å²) in [5.74, 6) is -2.81. The van der Waals surface area contributed by atoms with Crippen LogP contribution in [-0.2, 0) is 0 Å². The number of carbonyl (C=O) groups is 1. The first-order chi connectivity index (χ1) is 9.00. The molecule has 0 N–H and O–H groups in total. The van der Waals surface area contributed by atoms with Gasteiger partial charge in [0.05, 0.1) is 7.11 Å². The maximum absolute atomic E-state index is 13.3. The highest BCUT2D eigenvalue weighted by Crippen LogP contribution is 2.38. The molecule has 1 aliphatic rings. The van der Waals surface area contributed by atoms with Crippen LogP contribution in [0.15, 0.2) is 12.1 Å². The number of Topliss-reactive ketones (excluding diaryl/α,β-unsaturated/α-hetero) is 1. The Bertz CT molecular complexity index is 448. The molecule has 1 atom stereocenters. The molecule has 1 heterocycles. The highest BCUT2D eigenvalue weighted by Gasteiger charge is 2.37. The average molecular weight is 270 g/mol. The van der Waals surface area contributed by atoms with E-state index in [9.17, 15) is 13.6 Å². The summed E-state index contributed by atoms with van der Waals surface area (Å²) in [6.45, 7) is 0. The molecule has 0 saturated heterocycles. The molecule has 1 unspecified atom stereocenters. The molecule has 0 bridgehead atoms. The van der Waals surface area contributed by atoms with E-state index in [2.05, 4.69) is 10.2 Å². The molecule has 6 heteroatoms. The van der Waals surface area contributed by atoms with Crippen LogP contribution in [0.4, 0.5) is 8.78 Å². The van der Waals surface area contributed by atoms with Crippen molar-refractivity contribution in [2.45, 2.75) is 38.0 Å². The Morgan fingerprint density at radius 3 is 2.84 bits per heavy atom. The van der Waals surface area contributed by atoms with Gasteiger partial charge in [-0.3, -0.25) is 4.79 Å². The molecule has 0 amide bonds. The zero-order valence-electron chi connectivity index (χ0n) is 10.7. The van der Waals surface area contributed by atoms with Gasteiger partial charge in [-0.15, -0.1) is 10.2 Å². The summed E-state index contributed by atoms with van der Waals surface area (Å²) in [4.78, 5) is 11.9. The fraction of sp³-hybridized carbons (Fsp3) is 0.615. The molecule has 1 aromatic heterocycles. The summed E-state index contributed by atoms with van der Waals surface area (Å²) < 4.78 is 31.3. The molecule has 0 radical (unpaired) electrons. The molecule has 1 fully saturated rings. The van der Waals surface area contributed by atoms with Crippen molar-refractivity contribution in [3.05, 3.63) is 17.8 Å². The summed E-state index contributed by atoms with van der Waals surface area (Å²) in [7, 11) is 1.45. The number of carbonyl (C=O) groups excluding carboxylic acids is 1. The number of nitrogens with zero attached hydrogens (tertiary/aromatic N) is 2. The topological polar surface area (TPSA) is 52.1 Å². The fourth-order valence-corrected chi connectivity index (χ4v) is 2.39. The van der Waals surface area contributed by atoms with Crippen LogP contribution >= 0.6 is 0 Å². The minimum absolute atomic E-state index is 0.0694. The molecule has 0 spiro atoms. The third-order valence-corrected chi connectivity index (χ3v) is 3.35. The number of halogens is 2. The number of hydrogen-bond acceptors (Lipinski definition) is 4. The van der Waals surface area contributed by atoms with Gasteiger partial charge < -0.3 is 4.74 Å². The van der Waals surface area contributed by atoms with E-state index in [0.717, 1.165) is 0 Å². The normalized spacial score (nSPS) is 21.9. The van der Waals surface area contributed by atoms with Crippen LogP contribution in [0.3, 0.4) is 0 Å². The average Bonchev–Trinajstić information content (AvgIpc) is 2.37. The first-order valence-electron chi connectivity index (χ1n) is 6.29. The number of rotatable bonds is 4. The molecule has 1 aliphatic carbocycles. The van der Waals surface area contributed by atoms with Crippen LogP contribution in [0.2, 0.25) is 0 Å². The quantitative estimate of drug-likeness (QED) is 0.789. The van der Waals surface area contributed by atoms with Gasteiger partial charge in [-0.25, -0.2) is 8.78 Å². The molecule has 1 aromatic rings. The fourth-order valence-electron chi connectivity index (χ4n) is 2.39. The van der Waals surface area contributed by atoms with Gasteiger partial charge >= 0.3 is 0 Å². The van der Waals surface area contributed by atoms with Gasteiger partial charge in [0.25, 0.3) is 0 Å².